The molecular formula is C17H31NO3. The Balaban J connectivity index is 1.70. The number of carbonyl (C=O) groups is 1. The van der Waals surface area contributed by atoms with Crippen molar-refractivity contribution in [2.45, 2.75) is 88.8 Å². The summed E-state index contributed by atoms with van der Waals surface area (Å²) in [4.78, 5) is 12.2. The molecular weight excluding hydrogens is 266 g/mol. The van der Waals surface area contributed by atoms with E-state index in [-0.39, 0.29) is 12.1 Å². The SMILES string of the molecule is CCCCCCCOC1CCC(NC2CC2)(C(=O)OC)C1. The summed E-state index contributed by atoms with van der Waals surface area (Å²) in [6, 6.07) is 0.511. The van der Waals surface area contributed by atoms with E-state index in [1.165, 1.54) is 45.6 Å². The average molecular weight is 297 g/mol. The maximum absolute atomic E-state index is 12.2. The third-order valence-corrected chi connectivity index (χ3v) is 4.70. The van der Waals surface area contributed by atoms with Crippen LogP contribution >= 0.6 is 0 Å². The zero-order valence-corrected chi connectivity index (χ0v) is 13.7. The minimum Gasteiger partial charge on any atom is -0.468 e. The Bertz CT molecular complexity index is 330. The first-order valence-electron chi connectivity index (χ1n) is 8.68. The smallest absolute Gasteiger partial charge is 0.326 e. The highest BCUT2D eigenvalue weighted by molar-refractivity contribution is 5.81. The second-order valence-electron chi connectivity index (χ2n) is 6.64. The molecule has 2 aliphatic carbocycles. The first-order valence-corrected chi connectivity index (χ1v) is 8.68. The third kappa shape index (κ3) is 4.96. The van der Waals surface area contributed by atoms with Gasteiger partial charge in [-0.05, 0) is 32.1 Å². The Morgan fingerprint density at radius 2 is 1.95 bits per heavy atom. The van der Waals surface area contributed by atoms with Crippen LogP contribution in [0.3, 0.4) is 0 Å². The van der Waals surface area contributed by atoms with Crippen LogP contribution in [0.15, 0.2) is 0 Å². The lowest BCUT2D eigenvalue weighted by Crippen LogP contribution is -2.52. The van der Waals surface area contributed by atoms with Crippen LogP contribution < -0.4 is 5.32 Å². The van der Waals surface area contributed by atoms with Crippen molar-refractivity contribution in [3.63, 3.8) is 0 Å². The number of hydrogen-bond donors (Lipinski definition) is 1. The van der Waals surface area contributed by atoms with E-state index in [4.69, 9.17) is 9.47 Å². The Kier molecular flexibility index (Phi) is 6.49. The molecule has 122 valence electrons. The van der Waals surface area contributed by atoms with Gasteiger partial charge in [0.2, 0.25) is 0 Å². The van der Waals surface area contributed by atoms with Gasteiger partial charge in [-0.3, -0.25) is 10.1 Å². The van der Waals surface area contributed by atoms with Crippen LogP contribution in [-0.4, -0.2) is 37.4 Å². The van der Waals surface area contributed by atoms with E-state index >= 15 is 0 Å². The van der Waals surface area contributed by atoms with Gasteiger partial charge < -0.3 is 9.47 Å². The van der Waals surface area contributed by atoms with E-state index in [1.807, 2.05) is 0 Å². The zero-order valence-electron chi connectivity index (χ0n) is 13.7. The molecule has 0 saturated heterocycles. The van der Waals surface area contributed by atoms with Crippen molar-refractivity contribution < 1.29 is 14.3 Å². The predicted molar refractivity (Wildman–Crippen MR) is 83.3 cm³/mol. The summed E-state index contributed by atoms with van der Waals surface area (Å²) >= 11 is 0. The summed E-state index contributed by atoms with van der Waals surface area (Å²) in [6.45, 7) is 3.06. The molecule has 0 radical (unpaired) electrons. The molecule has 0 spiro atoms. The maximum atomic E-state index is 12.2. The van der Waals surface area contributed by atoms with Crippen LogP contribution in [0.25, 0.3) is 0 Å². The van der Waals surface area contributed by atoms with Crippen molar-refractivity contribution >= 4 is 5.97 Å². The molecule has 2 rings (SSSR count). The predicted octanol–water partition coefficient (Wildman–Crippen LogP) is 3.19. The molecule has 2 aliphatic rings. The average Bonchev–Trinajstić information content (AvgIpc) is 3.20. The highest BCUT2D eigenvalue weighted by Gasteiger charge is 2.49. The summed E-state index contributed by atoms with van der Waals surface area (Å²) in [5, 5.41) is 3.51. The number of hydrogen-bond acceptors (Lipinski definition) is 4. The van der Waals surface area contributed by atoms with E-state index < -0.39 is 5.54 Å². The van der Waals surface area contributed by atoms with E-state index in [2.05, 4.69) is 12.2 Å². The molecule has 2 saturated carbocycles. The van der Waals surface area contributed by atoms with Gasteiger partial charge in [0.1, 0.15) is 5.54 Å². The Labute approximate surface area is 129 Å². The molecule has 2 atom stereocenters. The molecule has 0 aromatic carbocycles. The fourth-order valence-electron chi connectivity index (χ4n) is 3.29. The number of ether oxygens (including phenoxy) is 2. The van der Waals surface area contributed by atoms with Gasteiger partial charge >= 0.3 is 5.97 Å². The van der Waals surface area contributed by atoms with Crippen molar-refractivity contribution in [1.82, 2.24) is 5.32 Å². The summed E-state index contributed by atoms with van der Waals surface area (Å²) < 4.78 is 11.0. The summed E-state index contributed by atoms with van der Waals surface area (Å²) in [5.41, 5.74) is -0.483. The van der Waals surface area contributed by atoms with Crippen LogP contribution in [0.4, 0.5) is 0 Å². The molecule has 21 heavy (non-hydrogen) atoms. The molecule has 0 amide bonds. The van der Waals surface area contributed by atoms with E-state index in [1.54, 1.807) is 0 Å². The highest BCUT2D eigenvalue weighted by atomic mass is 16.5. The summed E-state index contributed by atoms with van der Waals surface area (Å²) in [7, 11) is 1.49. The van der Waals surface area contributed by atoms with Crippen molar-refractivity contribution in [2.75, 3.05) is 13.7 Å². The fourth-order valence-corrected chi connectivity index (χ4v) is 3.29. The number of carbonyl (C=O) groups excluding carboxylic acids is 1. The van der Waals surface area contributed by atoms with E-state index in [0.29, 0.717) is 6.04 Å². The molecule has 2 unspecified atom stereocenters. The molecule has 0 aromatic rings. The van der Waals surface area contributed by atoms with Gasteiger partial charge in [0.05, 0.1) is 13.2 Å². The first kappa shape index (κ1) is 16.8. The number of nitrogens with one attached hydrogen (secondary N) is 1. The van der Waals surface area contributed by atoms with Gasteiger partial charge in [-0.15, -0.1) is 0 Å². The second kappa shape index (κ2) is 8.14. The van der Waals surface area contributed by atoms with Gasteiger partial charge in [-0.25, -0.2) is 0 Å². The molecule has 2 fully saturated rings. The number of esters is 1. The van der Waals surface area contributed by atoms with Crippen LogP contribution in [-0.2, 0) is 14.3 Å². The first-order chi connectivity index (χ1) is 10.2. The van der Waals surface area contributed by atoms with Gasteiger partial charge in [-0.2, -0.15) is 0 Å². The molecule has 0 aliphatic heterocycles. The van der Waals surface area contributed by atoms with Crippen molar-refractivity contribution in [1.29, 1.82) is 0 Å². The van der Waals surface area contributed by atoms with Gasteiger partial charge in [0.15, 0.2) is 0 Å². The largest absolute Gasteiger partial charge is 0.468 e. The van der Waals surface area contributed by atoms with Gasteiger partial charge in [0.25, 0.3) is 0 Å². The summed E-state index contributed by atoms with van der Waals surface area (Å²) in [6.07, 6.45) is 11.4. The summed E-state index contributed by atoms with van der Waals surface area (Å²) in [5.74, 6) is -0.108. The number of rotatable bonds is 10. The minimum absolute atomic E-state index is 0.108. The number of unbranched alkanes of at least 4 members (excludes halogenated alkanes) is 4. The zero-order chi connectivity index (χ0) is 15.1. The van der Waals surface area contributed by atoms with Crippen molar-refractivity contribution in [3.05, 3.63) is 0 Å². The Morgan fingerprint density at radius 1 is 1.19 bits per heavy atom. The third-order valence-electron chi connectivity index (χ3n) is 4.70. The van der Waals surface area contributed by atoms with Crippen LogP contribution in [0.2, 0.25) is 0 Å². The monoisotopic (exact) mass is 297 g/mol. The molecule has 0 bridgehead atoms. The lowest BCUT2D eigenvalue weighted by molar-refractivity contribution is -0.149. The Morgan fingerprint density at radius 3 is 2.62 bits per heavy atom. The van der Waals surface area contributed by atoms with Gasteiger partial charge in [0, 0.05) is 19.1 Å². The van der Waals surface area contributed by atoms with Crippen molar-refractivity contribution in [2.24, 2.45) is 0 Å². The normalized spacial score (nSPS) is 28.8. The lowest BCUT2D eigenvalue weighted by atomic mass is 9.97. The Hall–Kier alpha value is -0.610. The molecule has 0 aromatic heterocycles. The standard InChI is InChI=1S/C17H31NO3/c1-3-4-5-6-7-12-21-15-10-11-17(13-15,16(19)20-2)18-14-8-9-14/h14-15,18H,3-13H2,1-2H3. The quantitative estimate of drug-likeness (QED) is 0.497. The molecule has 1 N–H and O–H groups in total. The van der Waals surface area contributed by atoms with Crippen LogP contribution in [0.5, 0.6) is 0 Å². The van der Waals surface area contributed by atoms with Crippen LogP contribution in [0.1, 0.15) is 71.1 Å². The molecule has 0 heterocycles. The second-order valence-corrected chi connectivity index (χ2v) is 6.64. The minimum atomic E-state index is -0.483. The number of methoxy groups -OCH3 is 1. The highest BCUT2D eigenvalue weighted by Crippen LogP contribution is 2.36. The lowest BCUT2D eigenvalue weighted by Gasteiger charge is -2.27. The van der Waals surface area contributed by atoms with Crippen molar-refractivity contribution in [3.8, 4) is 0 Å². The topological polar surface area (TPSA) is 47.6 Å². The van der Waals surface area contributed by atoms with Gasteiger partial charge in [-0.1, -0.05) is 32.6 Å². The fraction of sp³-hybridized carbons (Fsp3) is 0.941. The maximum Gasteiger partial charge on any atom is 0.326 e. The van der Waals surface area contributed by atoms with E-state index in [0.717, 1.165) is 32.3 Å². The van der Waals surface area contributed by atoms with Crippen LogP contribution in [0, 0.1) is 0 Å². The molecule has 4 nitrogen and oxygen atoms in total. The van der Waals surface area contributed by atoms with E-state index in [9.17, 15) is 4.79 Å². The molecule has 4 heteroatoms.